The van der Waals surface area contributed by atoms with Crippen molar-refractivity contribution in [3.05, 3.63) is 241 Å². The first-order valence-electron chi connectivity index (χ1n) is 21.4. The van der Waals surface area contributed by atoms with Gasteiger partial charge < -0.3 is 4.57 Å². The smallest absolute Gasteiger partial charge is 0.164 e. The maximum atomic E-state index is 5.17. The molecule has 294 valence electrons. The Hall–Kier alpha value is -7.86. The van der Waals surface area contributed by atoms with Gasteiger partial charge in [0.05, 0.1) is 16.4 Å². The molecule has 13 rings (SSSR count). The van der Waals surface area contributed by atoms with Gasteiger partial charge in [0.25, 0.3) is 0 Å². The largest absolute Gasteiger partial charge is 0.309 e. The van der Waals surface area contributed by atoms with Crippen molar-refractivity contribution in [3.8, 4) is 62.1 Å². The summed E-state index contributed by atoms with van der Waals surface area (Å²) in [6.07, 6.45) is 0. The molecule has 0 saturated carbocycles. The molecule has 3 heterocycles. The summed E-state index contributed by atoms with van der Waals surface area (Å²) >= 11 is 1.90. The van der Waals surface area contributed by atoms with E-state index in [-0.39, 0.29) is 0 Å². The highest BCUT2D eigenvalue weighted by Gasteiger charge is 2.50. The fourth-order valence-electron chi connectivity index (χ4n) is 10.2. The molecule has 4 nitrogen and oxygen atoms in total. The quantitative estimate of drug-likeness (QED) is 0.173. The highest BCUT2D eigenvalue weighted by molar-refractivity contribution is 7.99. The monoisotopic (exact) mass is 820 g/mol. The fourth-order valence-corrected chi connectivity index (χ4v) is 11.6. The van der Waals surface area contributed by atoms with Crippen molar-refractivity contribution in [3.63, 3.8) is 0 Å². The number of benzene rings is 9. The molecule has 9 aromatic carbocycles. The number of nitrogens with zero attached hydrogens (tertiary/aromatic N) is 4. The van der Waals surface area contributed by atoms with Crippen LogP contribution in [0.2, 0.25) is 0 Å². The van der Waals surface area contributed by atoms with Gasteiger partial charge in [-0.15, -0.1) is 0 Å². The van der Waals surface area contributed by atoms with E-state index in [9.17, 15) is 0 Å². The van der Waals surface area contributed by atoms with Crippen LogP contribution in [0.4, 0.5) is 0 Å². The van der Waals surface area contributed by atoms with Gasteiger partial charge in [0.15, 0.2) is 17.5 Å². The molecular weight excluding hydrogens is 785 g/mol. The van der Waals surface area contributed by atoms with E-state index in [1.165, 1.54) is 59.5 Å². The highest BCUT2D eigenvalue weighted by atomic mass is 32.2. The first-order valence-corrected chi connectivity index (χ1v) is 22.2. The lowest BCUT2D eigenvalue weighted by atomic mass is 9.67. The Morgan fingerprint density at radius 3 is 1.60 bits per heavy atom. The lowest BCUT2D eigenvalue weighted by molar-refractivity contribution is 0.726. The Kier molecular flexibility index (Phi) is 8.02. The van der Waals surface area contributed by atoms with E-state index >= 15 is 0 Å². The van der Waals surface area contributed by atoms with E-state index in [2.05, 4.69) is 199 Å². The minimum atomic E-state index is -0.448. The van der Waals surface area contributed by atoms with Gasteiger partial charge >= 0.3 is 0 Å². The zero-order valence-corrected chi connectivity index (χ0v) is 34.8. The zero-order valence-electron chi connectivity index (χ0n) is 34.0. The van der Waals surface area contributed by atoms with Gasteiger partial charge in [-0.1, -0.05) is 200 Å². The minimum absolute atomic E-state index is 0.448. The first kappa shape index (κ1) is 35.9. The van der Waals surface area contributed by atoms with E-state index < -0.39 is 5.41 Å². The lowest BCUT2D eigenvalue weighted by Crippen LogP contribution is -2.32. The topological polar surface area (TPSA) is 43.6 Å². The third-order valence-electron chi connectivity index (χ3n) is 12.9. The molecule has 1 aliphatic heterocycles. The predicted molar refractivity (Wildman–Crippen MR) is 257 cm³/mol. The molecule has 0 radical (unpaired) electrons. The van der Waals surface area contributed by atoms with Crippen LogP contribution in [-0.2, 0) is 5.41 Å². The van der Waals surface area contributed by atoms with Crippen LogP contribution >= 0.6 is 11.8 Å². The van der Waals surface area contributed by atoms with Crippen LogP contribution in [0.15, 0.2) is 228 Å². The van der Waals surface area contributed by atoms with Gasteiger partial charge in [0.2, 0.25) is 0 Å². The van der Waals surface area contributed by atoms with Crippen LogP contribution in [0, 0.1) is 0 Å². The summed E-state index contributed by atoms with van der Waals surface area (Å²) in [6, 6.07) is 78.5. The summed E-state index contributed by atoms with van der Waals surface area (Å²) in [5.41, 5.74) is 16.0. The van der Waals surface area contributed by atoms with E-state index in [1.807, 2.05) is 36.0 Å². The standard InChI is InChI=1S/C58H36N4S/c1-3-16-37(17-4-1)38-30-32-40(33-31-38)56-59-55(39-18-5-2-6-19-39)60-57(61-56)41-20-15-21-42(36-41)62-50-28-13-9-24-45(50)53-51(62)35-34-49-54(53)63-52-29-14-12-27-48(52)58(49)46-25-10-7-22-43(46)44-23-8-11-26-47(44)58/h1-36H. The Labute approximate surface area is 369 Å². The normalized spacial score (nSPS) is 13.1. The third-order valence-corrected chi connectivity index (χ3v) is 14.1. The predicted octanol–water partition coefficient (Wildman–Crippen LogP) is 14.5. The lowest BCUT2D eigenvalue weighted by Gasteiger charge is -2.40. The summed E-state index contributed by atoms with van der Waals surface area (Å²) in [4.78, 5) is 17.9. The molecule has 1 spiro atoms. The van der Waals surface area contributed by atoms with Crippen molar-refractivity contribution in [2.75, 3.05) is 0 Å². The Morgan fingerprint density at radius 1 is 0.365 bits per heavy atom. The Bertz CT molecular complexity index is 3550. The number of fused-ring (bicyclic) bond motifs is 13. The molecule has 63 heavy (non-hydrogen) atoms. The van der Waals surface area contributed by atoms with Gasteiger partial charge in [0.1, 0.15) is 0 Å². The average molecular weight is 821 g/mol. The van der Waals surface area contributed by atoms with Crippen molar-refractivity contribution >= 4 is 33.6 Å². The van der Waals surface area contributed by atoms with Crippen molar-refractivity contribution in [1.82, 2.24) is 19.5 Å². The number of aromatic nitrogens is 4. The van der Waals surface area contributed by atoms with E-state index in [4.69, 9.17) is 15.0 Å². The highest BCUT2D eigenvalue weighted by Crippen LogP contribution is 2.63. The fraction of sp³-hybridized carbons (Fsp3) is 0.0172. The van der Waals surface area contributed by atoms with Gasteiger partial charge in [-0.05, 0) is 74.8 Å². The third kappa shape index (κ3) is 5.40. The molecule has 0 unspecified atom stereocenters. The van der Waals surface area contributed by atoms with Crippen LogP contribution < -0.4 is 0 Å². The number of rotatable bonds is 5. The molecule has 0 N–H and O–H groups in total. The first-order chi connectivity index (χ1) is 31.2. The van der Waals surface area contributed by atoms with Crippen LogP contribution in [0.25, 0.3) is 83.9 Å². The summed E-state index contributed by atoms with van der Waals surface area (Å²) < 4.78 is 2.42. The summed E-state index contributed by atoms with van der Waals surface area (Å²) in [7, 11) is 0. The number of para-hydroxylation sites is 1. The zero-order chi connectivity index (χ0) is 41.5. The van der Waals surface area contributed by atoms with Crippen molar-refractivity contribution < 1.29 is 0 Å². The molecular formula is C58H36N4S. The molecule has 1 aliphatic carbocycles. The SMILES string of the molecule is c1ccc(-c2ccc(-c3nc(-c4ccccc4)nc(-c4cccc(-n5c6ccccc6c6c7c(ccc65)C5(c6ccccc6S7)c6ccccc6-c6ccccc65)c4)n3)cc2)cc1. The maximum absolute atomic E-state index is 5.17. The summed E-state index contributed by atoms with van der Waals surface area (Å²) in [5, 5.41) is 2.49. The number of hydrogen-bond acceptors (Lipinski definition) is 4. The van der Waals surface area contributed by atoms with Crippen molar-refractivity contribution in [1.29, 1.82) is 0 Å². The molecule has 0 amide bonds. The number of hydrogen-bond donors (Lipinski definition) is 0. The van der Waals surface area contributed by atoms with Gasteiger partial charge in [0, 0.05) is 42.9 Å². The van der Waals surface area contributed by atoms with E-state index in [1.54, 1.807) is 0 Å². The van der Waals surface area contributed by atoms with Crippen molar-refractivity contribution in [2.45, 2.75) is 15.2 Å². The molecule has 0 saturated heterocycles. The van der Waals surface area contributed by atoms with Crippen LogP contribution in [-0.4, -0.2) is 19.5 Å². The van der Waals surface area contributed by atoms with Gasteiger partial charge in [-0.25, -0.2) is 15.0 Å². The molecule has 2 aliphatic rings. The van der Waals surface area contributed by atoms with Crippen molar-refractivity contribution in [2.24, 2.45) is 0 Å². The minimum Gasteiger partial charge on any atom is -0.309 e. The average Bonchev–Trinajstić information content (AvgIpc) is 3.86. The second-order valence-corrected chi connectivity index (χ2v) is 17.3. The molecule has 0 bridgehead atoms. The second-order valence-electron chi connectivity index (χ2n) is 16.3. The molecule has 5 heteroatoms. The molecule has 0 atom stereocenters. The van der Waals surface area contributed by atoms with Crippen LogP contribution in [0.5, 0.6) is 0 Å². The Morgan fingerprint density at radius 2 is 0.889 bits per heavy atom. The Balaban J connectivity index is 1.00. The van der Waals surface area contributed by atoms with Crippen LogP contribution in [0.3, 0.4) is 0 Å². The molecule has 0 fully saturated rings. The van der Waals surface area contributed by atoms with Gasteiger partial charge in [-0.3, -0.25) is 0 Å². The van der Waals surface area contributed by atoms with Gasteiger partial charge in [-0.2, -0.15) is 0 Å². The van der Waals surface area contributed by atoms with E-state index in [0.717, 1.165) is 39.0 Å². The van der Waals surface area contributed by atoms with E-state index in [0.29, 0.717) is 17.5 Å². The summed E-state index contributed by atoms with van der Waals surface area (Å²) in [6.45, 7) is 0. The molecule has 11 aromatic rings. The maximum Gasteiger partial charge on any atom is 0.164 e. The summed E-state index contributed by atoms with van der Waals surface area (Å²) in [5.74, 6) is 1.89. The second kappa shape index (κ2) is 14.1. The van der Waals surface area contributed by atoms with Crippen LogP contribution in [0.1, 0.15) is 22.3 Å². The molecule has 2 aromatic heterocycles.